The van der Waals surface area contributed by atoms with Gasteiger partial charge in [0.15, 0.2) is 0 Å². The summed E-state index contributed by atoms with van der Waals surface area (Å²) in [5, 5.41) is 9.29. The lowest BCUT2D eigenvalue weighted by Gasteiger charge is -2.28. The van der Waals surface area contributed by atoms with Crippen molar-refractivity contribution in [1.82, 2.24) is 0 Å². The van der Waals surface area contributed by atoms with Gasteiger partial charge in [0.05, 0.1) is 13.2 Å². The smallest absolute Gasteiger partial charge is 0.339 e. The molecule has 0 aliphatic heterocycles. The van der Waals surface area contributed by atoms with Crippen molar-refractivity contribution in [3.8, 4) is 11.5 Å². The number of benzene rings is 1. The van der Waals surface area contributed by atoms with Gasteiger partial charge in [0, 0.05) is 0 Å². The molecular formula is C17H24O4. The average Bonchev–Trinajstić information content (AvgIpc) is 2.49. The van der Waals surface area contributed by atoms with E-state index in [-0.39, 0.29) is 11.7 Å². The SMILES string of the molecule is CCc1cc(OC)c(C(=O)O)cc1OC1CCC(C)CC1. The van der Waals surface area contributed by atoms with Gasteiger partial charge in [0.25, 0.3) is 0 Å². The second-order valence-electron chi connectivity index (χ2n) is 5.82. The second-order valence-corrected chi connectivity index (χ2v) is 5.82. The fourth-order valence-corrected chi connectivity index (χ4v) is 2.85. The minimum Gasteiger partial charge on any atom is -0.496 e. The van der Waals surface area contributed by atoms with Crippen LogP contribution >= 0.6 is 0 Å². The molecule has 1 aromatic carbocycles. The maximum atomic E-state index is 11.3. The molecule has 1 fully saturated rings. The van der Waals surface area contributed by atoms with E-state index in [1.165, 1.54) is 20.0 Å². The number of aryl methyl sites for hydroxylation is 1. The van der Waals surface area contributed by atoms with Gasteiger partial charge in [0.2, 0.25) is 0 Å². The average molecular weight is 292 g/mol. The van der Waals surface area contributed by atoms with Crippen LogP contribution in [0, 0.1) is 5.92 Å². The van der Waals surface area contributed by atoms with Crippen LogP contribution in [0.4, 0.5) is 0 Å². The molecule has 0 saturated heterocycles. The zero-order valence-electron chi connectivity index (χ0n) is 13.0. The van der Waals surface area contributed by atoms with Crippen molar-refractivity contribution < 1.29 is 19.4 Å². The van der Waals surface area contributed by atoms with Crippen molar-refractivity contribution in [2.45, 2.75) is 52.1 Å². The maximum absolute atomic E-state index is 11.3. The van der Waals surface area contributed by atoms with Crippen LogP contribution in [0.3, 0.4) is 0 Å². The molecule has 116 valence electrons. The van der Waals surface area contributed by atoms with Crippen molar-refractivity contribution in [1.29, 1.82) is 0 Å². The van der Waals surface area contributed by atoms with E-state index in [0.29, 0.717) is 11.5 Å². The van der Waals surface area contributed by atoms with Crippen LogP contribution in [0.1, 0.15) is 55.5 Å². The van der Waals surface area contributed by atoms with E-state index in [4.69, 9.17) is 9.47 Å². The van der Waals surface area contributed by atoms with Crippen LogP contribution in [0.15, 0.2) is 12.1 Å². The standard InChI is InChI=1S/C17H24O4/c1-4-12-9-16(20-3)14(17(18)19)10-15(12)21-13-7-5-11(2)6-8-13/h9-11,13H,4-8H2,1-3H3,(H,18,19). The molecule has 1 saturated carbocycles. The Hall–Kier alpha value is -1.71. The van der Waals surface area contributed by atoms with Crippen LogP contribution in [-0.2, 0) is 6.42 Å². The van der Waals surface area contributed by atoms with Crippen LogP contribution in [0.5, 0.6) is 11.5 Å². The highest BCUT2D eigenvalue weighted by Crippen LogP contribution is 2.33. The van der Waals surface area contributed by atoms with E-state index >= 15 is 0 Å². The number of carboxylic acids is 1. The van der Waals surface area contributed by atoms with Gasteiger partial charge in [-0.15, -0.1) is 0 Å². The Kier molecular flexibility index (Phi) is 5.10. The third-order valence-corrected chi connectivity index (χ3v) is 4.25. The first-order valence-electron chi connectivity index (χ1n) is 7.66. The minimum absolute atomic E-state index is 0.161. The topological polar surface area (TPSA) is 55.8 Å². The van der Waals surface area contributed by atoms with Crippen molar-refractivity contribution in [2.24, 2.45) is 5.92 Å². The van der Waals surface area contributed by atoms with E-state index in [2.05, 4.69) is 6.92 Å². The number of hydrogen-bond acceptors (Lipinski definition) is 3. The van der Waals surface area contributed by atoms with Crippen molar-refractivity contribution in [3.05, 3.63) is 23.3 Å². The highest BCUT2D eigenvalue weighted by molar-refractivity contribution is 5.91. The quantitative estimate of drug-likeness (QED) is 0.894. The highest BCUT2D eigenvalue weighted by Gasteiger charge is 2.22. The molecule has 0 bridgehead atoms. The fraction of sp³-hybridized carbons (Fsp3) is 0.588. The molecule has 0 spiro atoms. The lowest BCUT2D eigenvalue weighted by atomic mass is 9.89. The molecule has 4 heteroatoms. The van der Waals surface area contributed by atoms with Crippen molar-refractivity contribution >= 4 is 5.97 Å². The van der Waals surface area contributed by atoms with Gasteiger partial charge < -0.3 is 14.6 Å². The van der Waals surface area contributed by atoms with Gasteiger partial charge in [-0.25, -0.2) is 4.79 Å². The number of carbonyl (C=O) groups is 1. The molecule has 0 unspecified atom stereocenters. The van der Waals surface area contributed by atoms with E-state index in [1.807, 2.05) is 6.92 Å². The Morgan fingerprint density at radius 1 is 1.24 bits per heavy atom. The highest BCUT2D eigenvalue weighted by atomic mass is 16.5. The van der Waals surface area contributed by atoms with E-state index in [1.54, 1.807) is 12.1 Å². The summed E-state index contributed by atoms with van der Waals surface area (Å²) in [6.07, 6.45) is 5.41. The van der Waals surface area contributed by atoms with Crippen LogP contribution in [0.2, 0.25) is 0 Å². The number of aromatic carboxylic acids is 1. The second kappa shape index (κ2) is 6.83. The third kappa shape index (κ3) is 3.69. The molecule has 0 amide bonds. The van der Waals surface area contributed by atoms with Crippen LogP contribution < -0.4 is 9.47 Å². The zero-order valence-corrected chi connectivity index (χ0v) is 13.0. The fourth-order valence-electron chi connectivity index (χ4n) is 2.85. The first-order chi connectivity index (χ1) is 10.0. The summed E-state index contributed by atoms with van der Waals surface area (Å²) in [6.45, 7) is 4.30. The lowest BCUT2D eigenvalue weighted by molar-refractivity contribution is 0.0691. The molecule has 0 atom stereocenters. The minimum atomic E-state index is -0.989. The Bertz CT molecular complexity index is 502. The predicted molar refractivity (Wildman–Crippen MR) is 81.4 cm³/mol. The number of ether oxygens (including phenoxy) is 2. The molecule has 4 nitrogen and oxygen atoms in total. The predicted octanol–water partition coefficient (Wildman–Crippen LogP) is 3.91. The molecule has 1 aromatic rings. The van der Waals surface area contributed by atoms with Gasteiger partial charge >= 0.3 is 5.97 Å². The molecule has 1 aliphatic rings. The molecule has 0 radical (unpaired) electrons. The molecular weight excluding hydrogens is 268 g/mol. The molecule has 0 aromatic heterocycles. The molecule has 1 aliphatic carbocycles. The monoisotopic (exact) mass is 292 g/mol. The van der Waals surface area contributed by atoms with Gasteiger partial charge in [0.1, 0.15) is 17.1 Å². The van der Waals surface area contributed by atoms with Gasteiger partial charge in [-0.05, 0) is 55.7 Å². The maximum Gasteiger partial charge on any atom is 0.339 e. The van der Waals surface area contributed by atoms with Crippen molar-refractivity contribution in [2.75, 3.05) is 7.11 Å². The van der Waals surface area contributed by atoms with Crippen LogP contribution in [0.25, 0.3) is 0 Å². The van der Waals surface area contributed by atoms with Crippen LogP contribution in [-0.4, -0.2) is 24.3 Å². The number of hydrogen-bond donors (Lipinski definition) is 1. The summed E-state index contributed by atoms with van der Waals surface area (Å²) >= 11 is 0. The summed E-state index contributed by atoms with van der Waals surface area (Å²) in [4.78, 5) is 11.3. The Morgan fingerprint density at radius 2 is 1.90 bits per heavy atom. The molecule has 1 N–H and O–H groups in total. The first-order valence-corrected chi connectivity index (χ1v) is 7.66. The van der Waals surface area contributed by atoms with Gasteiger partial charge in [-0.1, -0.05) is 13.8 Å². The Labute approximate surface area is 126 Å². The summed E-state index contributed by atoms with van der Waals surface area (Å²) in [7, 11) is 1.49. The number of rotatable bonds is 5. The lowest BCUT2D eigenvalue weighted by Crippen LogP contribution is -2.23. The van der Waals surface area contributed by atoms with E-state index in [9.17, 15) is 9.90 Å². The van der Waals surface area contributed by atoms with Gasteiger partial charge in [-0.3, -0.25) is 0 Å². The summed E-state index contributed by atoms with van der Waals surface area (Å²) in [6, 6.07) is 3.39. The van der Waals surface area contributed by atoms with E-state index < -0.39 is 5.97 Å². The van der Waals surface area contributed by atoms with E-state index in [0.717, 1.165) is 30.7 Å². The Balaban J connectivity index is 2.24. The largest absolute Gasteiger partial charge is 0.496 e. The van der Waals surface area contributed by atoms with Crippen molar-refractivity contribution in [3.63, 3.8) is 0 Å². The number of carboxylic acid groups (broad SMARTS) is 1. The summed E-state index contributed by atoms with van der Waals surface area (Å²) in [5.41, 5.74) is 1.16. The Morgan fingerprint density at radius 3 is 2.43 bits per heavy atom. The molecule has 21 heavy (non-hydrogen) atoms. The normalized spacial score (nSPS) is 21.9. The summed E-state index contributed by atoms with van der Waals surface area (Å²) < 4.78 is 11.3. The third-order valence-electron chi connectivity index (χ3n) is 4.25. The number of methoxy groups -OCH3 is 1. The molecule has 0 heterocycles. The summed E-state index contributed by atoms with van der Waals surface area (Å²) in [5.74, 6) is 0.858. The first kappa shape index (κ1) is 15.7. The van der Waals surface area contributed by atoms with Gasteiger partial charge in [-0.2, -0.15) is 0 Å². The zero-order chi connectivity index (χ0) is 15.4. The molecule has 2 rings (SSSR count).